The molecule has 0 aliphatic carbocycles. The van der Waals surface area contributed by atoms with E-state index in [0.29, 0.717) is 0 Å². The van der Waals surface area contributed by atoms with Crippen molar-refractivity contribution in [2.45, 2.75) is 4.90 Å². The van der Waals surface area contributed by atoms with Crippen molar-refractivity contribution in [3.8, 4) is 0 Å². The third kappa shape index (κ3) is 1.19. The maximum absolute atomic E-state index is 4.48. The lowest BCUT2D eigenvalue weighted by Crippen LogP contribution is -1.94. The van der Waals surface area contributed by atoms with E-state index in [1.165, 1.54) is 4.90 Å². The number of hydrogen-bond acceptors (Lipinski definition) is 4. The van der Waals surface area contributed by atoms with Crippen LogP contribution in [0.5, 0.6) is 0 Å². The number of aromatic nitrogens is 3. The molecule has 3 heterocycles. The van der Waals surface area contributed by atoms with Crippen molar-refractivity contribution < 1.29 is 0 Å². The quantitative estimate of drug-likeness (QED) is 0.654. The average Bonchev–Trinajstić information content (AvgIpc) is 2.26. The van der Waals surface area contributed by atoms with Crippen LogP contribution in [0.25, 0.3) is 17.1 Å². The van der Waals surface area contributed by atoms with Crippen LogP contribution < -0.4 is 0 Å². The topological polar surface area (TPSA) is 38.7 Å². The first-order valence-electron chi connectivity index (χ1n) is 4.33. The molecule has 0 unspecified atom stereocenters. The van der Waals surface area contributed by atoms with E-state index in [2.05, 4.69) is 33.2 Å². The molecule has 14 heavy (non-hydrogen) atoms. The molecule has 1 aliphatic rings. The van der Waals surface area contributed by atoms with Crippen molar-refractivity contribution >= 4 is 28.9 Å². The van der Waals surface area contributed by atoms with Crippen LogP contribution >= 0.6 is 11.8 Å². The predicted octanol–water partition coefficient (Wildman–Crippen LogP) is 2.14. The number of nitrogens with zero attached hydrogens (tertiary/aromatic N) is 3. The zero-order valence-corrected chi connectivity index (χ0v) is 8.16. The van der Waals surface area contributed by atoms with Crippen LogP contribution in [-0.4, -0.2) is 20.7 Å². The van der Waals surface area contributed by atoms with E-state index in [1.807, 2.05) is 0 Å². The van der Waals surface area contributed by atoms with E-state index in [-0.39, 0.29) is 0 Å². The third-order valence-corrected chi connectivity index (χ3v) is 3.09. The zero-order chi connectivity index (χ0) is 9.38. The Labute approximate surface area is 85.3 Å². The highest BCUT2D eigenvalue weighted by Gasteiger charge is 2.08. The largest absolute Gasteiger partial charge is 0.244 e. The molecule has 3 nitrogen and oxygen atoms in total. The van der Waals surface area contributed by atoms with Gasteiger partial charge >= 0.3 is 0 Å². The molecule has 4 heteroatoms. The molecular weight excluding hydrogens is 194 g/mol. The molecule has 2 aromatic heterocycles. The van der Waals surface area contributed by atoms with E-state index in [9.17, 15) is 0 Å². The second kappa shape index (κ2) is 3.06. The zero-order valence-electron chi connectivity index (χ0n) is 7.34. The lowest BCUT2D eigenvalue weighted by Gasteiger charge is -2.08. The van der Waals surface area contributed by atoms with Crippen LogP contribution in [0.15, 0.2) is 29.6 Å². The molecule has 0 saturated carbocycles. The summed E-state index contributed by atoms with van der Waals surface area (Å²) >= 11 is 1.79. The van der Waals surface area contributed by atoms with Gasteiger partial charge in [0.25, 0.3) is 0 Å². The van der Waals surface area contributed by atoms with E-state index >= 15 is 0 Å². The summed E-state index contributed by atoms with van der Waals surface area (Å²) in [6, 6.07) is 2.08. The molecule has 0 bridgehead atoms. The van der Waals surface area contributed by atoms with Crippen LogP contribution in [0, 0.1) is 0 Å². The Morgan fingerprint density at radius 2 is 2.29 bits per heavy atom. The minimum Gasteiger partial charge on any atom is -0.244 e. The van der Waals surface area contributed by atoms with Crippen LogP contribution in [0.1, 0.15) is 5.69 Å². The van der Waals surface area contributed by atoms with Gasteiger partial charge in [-0.25, -0.2) is 15.0 Å². The van der Waals surface area contributed by atoms with Gasteiger partial charge in [-0.2, -0.15) is 0 Å². The van der Waals surface area contributed by atoms with Crippen LogP contribution in [0.4, 0.5) is 0 Å². The molecule has 0 N–H and O–H groups in total. The van der Waals surface area contributed by atoms with Crippen molar-refractivity contribution in [2.75, 3.05) is 5.75 Å². The summed E-state index contributed by atoms with van der Waals surface area (Å²) in [5.74, 6) is 1.02. The first kappa shape index (κ1) is 7.94. The van der Waals surface area contributed by atoms with Crippen molar-refractivity contribution in [2.24, 2.45) is 0 Å². The first-order chi connectivity index (χ1) is 6.93. The van der Waals surface area contributed by atoms with Gasteiger partial charge < -0.3 is 0 Å². The minimum absolute atomic E-state index is 0.860. The maximum Gasteiger partial charge on any atom is 0.116 e. The Morgan fingerprint density at radius 1 is 1.29 bits per heavy atom. The Balaban J connectivity index is 2.34. The smallest absolute Gasteiger partial charge is 0.116 e. The fraction of sp³-hybridized carbons (Fsp3) is 0.100. The minimum atomic E-state index is 0.860. The van der Waals surface area contributed by atoms with E-state index < -0.39 is 0 Å². The van der Waals surface area contributed by atoms with Gasteiger partial charge in [0.2, 0.25) is 0 Å². The van der Waals surface area contributed by atoms with E-state index in [0.717, 1.165) is 22.5 Å². The highest BCUT2D eigenvalue weighted by molar-refractivity contribution is 7.99. The summed E-state index contributed by atoms with van der Waals surface area (Å²) in [7, 11) is 0. The maximum atomic E-state index is 4.48. The summed E-state index contributed by atoms with van der Waals surface area (Å²) in [5, 5.41) is 0. The molecule has 0 saturated heterocycles. The molecule has 2 aromatic rings. The Kier molecular flexibility index (Phi) is 1.73. The second-order valence-electron chi connectivity index (χ2n) is 3.01. The van der Waals surface area contributed by atoms with Gasteiger partial charge in [0.05, 0.1) is 17.4 Å². The molecule has 0 spiro atoms. The van der Waals surface area contributed by atoms with Gasteiger partial charge in [0, 0.05) is 10.6 Å². The molecule has 1 aliphatic heterocycles. The van der Waals surface area contributed by atoms with Crippen LogP contribution in [0.3, 0.4) is 0 Å². The number of hydrogen-bond donors (Lipinski definition) is 0. The van der Waals surface area contributed by atoms with Gasteiger partial charge in [0.1, 0.15) is 11.8 Å². The van der Waals surface area contributed by atoms with Crippen molar-refractivity contribution in [3.05, 3.63) is 30.4 Å². The molecule has 0 radical (unpaired) electrons. The molecule has 68 valence electrons. The third-order valence-electron chi connectivity index (χ3n) is 2.09. The van der Waals surface area contributed by atoms with Crippen molar-refractivity contribution in [1.82, 2.24) is 15.0 Å². The van der Waals surface area contributed by atoms with Gasteiger partial charge in [-0.05, 0) is 12.1 Å². The average molecular weight is 201 g/mol. The standard InChI is InChI=1S/C10H7N3S/c1-2-7-10(14-3-1)4-8-9(13-7)5-11-6-12-8/h1-2,4-6H,3H2. The summed E-state index contributed by atoms with van der Waals surface area (Å²) in [4.78, 5) is 13.8. The summed E-state index contributed by atoms with van der Waals surface area (Å²) in [5.41, 5.74) is 2.81. The molecule has 0 aromatic carbocycles. The lowest BCUT2D eigenvalue weighted by atomic mass is 10.3. The number of fused-ring (bicyclic) bond motifs is 2. The van der Waals surface area contributed by atoms with Crippen molar-refractivity contribution in [1.29, 1.82) is 0 Å². The van der Waals surface area contributed by atoms with Gasteiger partial charge in [-0.1, -0.05) is 6.08 Å². The van der Waals surface area contributed by atoms with Crippen LogP contribution in [-0.2, 0) is 0 Å². The SMILES string of the molecule is C1=Cc2nc3cncnc3cc2SC1. The fourth-order valence-corrected chi connectivity index (χ4v) is 2.27. The summed E-state index contributed by atoms with van der Waals surface area (Å²) in [6.45, 7) is 0. The monoisotopic (exact) mass is 201 g/mol. The molecule has 0 amide bonds. The number of rotatable bonds is 0. The highest BCUT2D eigenvalue weighted by atomic mass is 32.2. The van der Waals surface area contributed by atoms with Gasteiger partial charge in [0.15, 0.2) is 0 Å². The summed E-state index contributed by atoms with van der Waals surface area (Å²) in [6.07, 6.45) is 7.48. The normalized spacial score (nSPS) is 14.3. The Morgan fingerprint density at radius 3 is 3.29 bits per heavy atom. The summed E-state index contributed by atoms with van der Waals surface area (Å²) < 4.78 is 0. The fourth-order valence-electron chi connectivity index (χ4n) is 1.44. The predicted molar refractivity (Wildman–Crippen MR) is 57.1 cm³/mol. The van der Waals surface area contributed by atoms with Gasteiger partial charge in [-0.15, -0.1) is 11.8 Å². The highest BCUT2D eigenvalue weighted by Crippen LogP contribution is 2.28. The molecule has 0 atom stereocenters. The van der Waals surface area contributed by atoms with Crippen molar-refractivity contribution in [3.63, 3.8) is 0 Å². The second-order valence-corrected chi connectivity index (χ2v) is 4.07. The molecule has 0 fully saturated rings. The van der Waals surface area contributed by atoms with Crippen LogP contribution in [0.2, 0.25) is 0 Å². The first-order valence-corrected chi connectivity index (χ1v) is 5.32. The Bertz CT molecular complexity index is 522. The van der Waals surface area contributed by atoms with E-state index in [4.69, 9.17) is 0 Å². The number of pyridine rings is 1. The lowest BCUT2D eigenvalue weighted by molar-refractivity contribution is 1.16. The number of thioether (sulfide) groups is 1. The van der Waals surface area contributed by atoms with E-state index in [1.54, 1.807) is 24.3 Å². The molecular formula is C10H7N3S. The molecule has 3 rings (SSSR count). The van der Waals surface area contributed by atoms with Gasteiger partial charge in [-0.3, -0.25) is 0 Å². The Hall–Kier alpha value is -1.42.